The number of nitrogens with zero attached hydrogens (tertiary/aromatic N) is 2. The lowest BCUT2D eigenvalue weighted by Gasteiger charge is -2.12. The number of carbonyl (C=O) groups excluding carboxylic acids is 6. The molecule has 0 spiro atoms. The van der Waals surface area contributed by atoms with Crippen LogP contribution >= 0.6 is 11.3 Å². The SMILES string of the molecule is O=C(ON1C(=O)CCC1=O)c1ccc(Cc2cccs2)cc1.O=C(ON1C(=O)CCC1=O)c1ccc(F)cc1. The fourth-order valence-corrected chi connectivity index (χ4v) is 4.29. The van der Waals surface area contributed by atoms with Crippen LogP contribution in [0.15, 0.2) is 66.0 Å². The molecule has 0 saturated carbocycles. The van der Waals surface area contributed by atoms with Crippen LogP contribution < -0.4 is 0 Å². The molecule has 200 valence electrons. The van der Waals surface area contributed by atoms with E-state index in [0.29, 0.717) is 15.7 Å². The number of rotatable bonds is 6. The Balaban J connectivity index is 0.000000187. The van der Waals surface area contributed by atoms with E-state index in [1.165, 1.54) is 17.0 Å². The maximum Gasteiger partial charge on any atom is 0.363 e. The van der Waals surface area contributed by atoms with Gasteiger partial charge in [0, 0.05) is 37.0 Å². The van der Waals surface area contributed by atoms with Gasteiger partial charge in [0.15, 0.2) is 0 Å². The van der Waals surface area contributed by atoms with Crippen LogP contribution in [0, 0.1) is 5.82 Å². The van der Waals surface area contributed by atoms with Gasteiger partial charge in [0.25, 0.3) is 23.6 Å². The number of imide groups is 2. The Morgan fingerprint density at radius 1 is 0.692 bits per heavy atom. The van der Waals surface area contributed by atoms with E-state index in [4.69, 9.17) is 4.84 Å². The molecule has 2 aliphatic heterocycles. The van der Waals surface area contributed by atoms with Gasteiger partial charge in [-0.05, 0) is 53.4 Å². The summed E-state index contributed by atoms with van der Waals surface area (Å²) in [6.07, 6.45) is 1.05. The molecule has 39 heavy (non-hydrogen) atoms. The summed E-state index contributed by atoms with van der Waals surface area (Å²) in [6, 6.07) is 15.6. The van der Waals surface area contributed by atoms with Crippen molar-refractivity contribution in [3.63, 3.8) is 0 Å². The predicted molar refractivity (Wildman–Crippen MR) is 133 cm³/mol. The van der Waals surface area contributed by atoms with Crippen molar-refractivity contribution in [2.75, 3.05) is 0 Å². The first-order valence-corrected chi connectivity index (χ1v) is 12.6. The van der Waals surface area contributed by atoms with Gasteiger partial charge in [0.1, 0.15) is 5.82 Å². The smallest absolute Gasteiger partial charge is 0.325 e. The minimum atomic E-state index is -0.867. The van der Waals surface area contributed by atoms with Crippen LogP contribution in [0.4, 0.5) is 4.39 Å². The van der Waals surface area contributed by atoms with Crippen LogP contribution in [0.1, 0.15) is 56.8 Å². The lowest BCUT2D eigenvalue weighted by Crippen LogP contribution is -2.32. The summed E-state index contributed by atoms with van der Waals surface area (Å²) in [6.45, 7) is 0. The Labute approximate surface area is 225 Å². The van der Waals surface area contributed by atoms with Gasteiger partial charge >= 0.3 is 11.9 Å². The van der Waals surface area contributed by atoms with Crippen LogP contribution in [-0.2, 0) is 35.3 Å². The third-order valence-corrected chi connectivity index (χ3v) is 6.46. The quantitative estimate of drug-likeness (QED) is 0.425. The molecular weight excluding hydrogens is 531 g/mol. The minimum Gasteiger partial charge on any atom is -0.325 e. The number of benzene rings is 2. The average molecular weight is 553 g/mol. The van der Waals surface area contributed by atoms with Crippen molar-refractivity contribution in [3.05, 3.63) is 93.4 Å². The standard InChI is InChI=1S/C16H13NO4S.C11H8FNO4/c18-14-7-8-15(19)17(14)21-16(20)12-5-3-11(4-6-12)10-13-2-1-9-22-13;12-8-3-1-7(2-4-8)11(16)17-13-9(14)5-6-10(13)15/h1-6,9H,7-8,10H2;1-4H,5-6H2. The molecule has 0 atom stereocenters. The summed E-state index contributed by atoms with van der Waals surface area (Å²) < 4.78 is 12.6. The summed E-state index contributed by atoms with van der Waals surface area (Å²) >= 11 is 1.68. The first-order valence-electron chi connectivity index (χ1n) is 11.7. The molecule has 2 aliphatic rings. The molecule has 12 heteroatoms. The van der Waals surface area contributed by atoms with Gasteiger partial charge in [-0.25, -0.2) is 14.0 Å². The Bertz CT molecular complexity index is 1370. The van der Waals surface area contributed by atoms with E-state index in [0.717, 1.165) is 24.1 Å². The van der Waals surface area contributed by atoms with Crippen molar-refractivity contribution < 1.29 is 42.8 Å². The topological polar surface area (TPSA) is 127 Å². The normalized spacial score (nSPS) is 14.8. The molecule has 0 bridgehead atoms. The van der Waals surface area contributed by atoms with Gasteiger partial charge in [-0.15, -0.1) is 21.5 Å². The second-order valence-electron chi connectivity index (χ2n) is 8.38. The zero-order chi connectivity index (χ0) is 27.9. The summed E-state index contributed by atoms with van der Waals surface area (Å²) in [5.41, 5.74) is 1.45. The minimum absolute atomic E-state index is 0.0372. The number of hydrogen-bond donors (Lipinski definition) is 0. The summed E-state index contributed by atoms with van der Waals surface area (Å²) in [7, 11) is 0. The zero-order valence-electron chi connectivity index (χ0n) is 20.3. The van der Waals surface area contributed by atoms with E-state index in [9.17, 15) is 33.2 Å². The van der Waals surface area contributed by atoms with Crippen molar-refractivity contribution in [1.82, 2.24) is 10.1 Å². The maximum absolute atomic E-state index is 12.6. The Hall–Kier alpha value is -4.71. The zero-order valence-corrected chi connectivity index (χ0v) is 21.1. The highest BCUT2D eigenvalue weighted by molar-refractivity contribution is 7.09. The molecule has 0 aliphatic carbocycles. The van der Waals surface area contributed by atoms with Crippen molar-refractivity contribution >= 4 is 46.9 Å². The predicted octanol–water partition coefficient (Wildman–Crippen LogP) is 3.61. The van der Waals surface area contributed by atoms with Crippen molar-refractivity contribution in [2.24, 2.45) is 0 Å². The number of amides is 4. The highest BCUT2D eigenvalue weighted by Gasteiger charge is 2.34. The molecule has 2 saturated heterocycles. The van der Waals surface area contributed by atoms with Crippen LogP contribution in [0.2, 0.25) is 0 Å². The molecule has 2 fully saturated rings. The van der Waals surface area contributed by atoms with Gasteiger partial charge in [-0.3, -0.25) is 19.2 Å². The van der Waals surface area contributed by atoms with Crippen LogP contribution in [-0.4, -0.2) is 45.7 Å². The number of thiophene rings is 1. The van der Waals surface area contributed by atoms with Gasteiger partial charge in [0.2, 0.25) is 0 Å². The molecule has 3 heterocycles. The summed E-state index contributed by atoms with van der Waals surface area (Å²) in [4.78, 5) is 79.4. The first-order chi connectivity index (χ1) is 18.7. The fourth-order valence-electron chi connectivity index (χ4n) is 3.55. The third kappa shape index (κ3) is 6.99. The summed E-state index contributed by atoms with van der Waals surface area (Å²) in [5.74, 6) is -4.12. The molecular formula is C27H21FN2O8S. The van der Waals surface area contributed by atoms with Gasteiger partial charge in [-0.2, -0.15) is 0 Å². The molecule has 0 unspecified atom stereocenters. The highest BCUT2D eigenvalue weighted by atomic mass is 32.1. The van der Waals surface area contributed by atoms with E-state index in [2.05, 4.69) is 10.9 Å². The van der Waals surface area contributed by atoms with Crippen LogP contribution in [0.5, 0.6) is 0 Å². The molecule has 2 aromatic carbocycles. The van der Waals surface area contributed by atoms with E-state index >= 15 is 0 Å². The Kier molecular flexibility index (Phi) is 8.56. The highest BCUT2D eigenvalue weighted by Crippen LogP contribution is 2.18. The molecule has 0 N–H and O–H groups in total. The van der Waals surface area contributed by atoms with Gasteiger partial charge in [0.05, 0.1) is 11.1 Å². The van der Waals surface area contributed by atoms with E-state index in [1.54, 1.807) is 23.5 Å². The lowest BCUT2D eigenvalue weighted by molar-refractivity contribution is -0.173. The van der Waals surface area contributed by atoms with E-state index < -0.39 is 41.4 Å². The van der Waals surface area contributed by atoms with E-state index in [1.807, 2.05) is 23.6 Å². The largest absolute Gasteiger partial charge is 0.363 e. The molecule has 5 rings (SSSR count). The average Bonchev–Trinajstić information content (AvgIpc) is 3.64. The molecule has 10 nitrogen and oxygen atoms in total. The number of hydrogen-bond acceptors (Lipinski definition) is 9. The van der Waals surface area contributed by atoms with Crippen LogP contribution in [0.25, 0.3) is 0 Å². The molecule has 0 radical (unpaired) electrons. The number of halogens is 1. The second kappa shape index (κ2) is 12.2. The fraction of sp³-hybridized carbons (Fsp3) is 0.185. The lowest BCUT2D eigenvalue weighted by atomic mass is 10.1. The maximum atomic E-state index is 12.6. The molecule has 3 aromatic rings. The van der Waals surface area contributed by atoms with Gasteiger partial charge < -0.3 is 9.68 Å². The molecule has 4 amide bonds. The van der Waals surface area contributed by atoms with Crippen molar-refractivity contribution in [2.45, 2.75) is 32.1 Å². The first kappa shape index (κ1) is 27.3. The third-order valence-electron chi connectivity index (χ3n) is 5.59. The summed E-state index contributed by atoms with van der Waals surface area (Å²) in [5, 5.41) is 3.03. The van der Waals surface area contributed by atoms with Crippen molar-refractivity contribution in [1.29, 1.82) is 0 Å². The van der Waals surface area contributed by atoms with Gasteiger partial charge in [-0.1, -0.05) is 18.2 Å². The Morgan fingerprint density at radius 3 is 1.54 bits per heavy atom. The van der Waals surface area contributed by atoms with E-state index in [-0.39, 0.29) is 31.2 Å². The number of carbonyl (C=O) groups is 6. The molecule has 1 aromatic heterocycles. The monoisotopic (exact) mass is 552 g/mol. The Morgan fingerprint density at radius 2 is 1.13 bits per heavy atom. The number of hydroxylamine groups is 4. The van der Waals surface area contributed by atoms with Crippen molar-refractivity contribution in [3.8, 4) is 0 Å². The van der Waals surface area contributed by atoms with Crippen LogP contribution in [0.3, 0.4) is 0 Å². The second-order valence-corrected chi connectivity index (χ2v) is 9.41.